The Morgan fingerprint density at radius 1 is 1.37 bits per heavy atom. The van der Waals surface area contributed by atoms with Gasteiger partial charge in [0.1, 0.15) is 0 Å². The van der Waals surface area contributed by atoms with Crippen LogP contribution < -0.4 is 11.5 Å². The van der Waals surface area contributed by atoms with E-state index in [-0.39, 0.29) is 5.91 Å². The van der Waals surface area contributed by atoms with Gasteiger partial charge in [-0.3, -0.25) is 4.79 Å². The minimum Gasteiger partial charge on any atom is -0.398 e. The van der Waals surface area contributed by atoms with Gasteiger partial charge in [-0.1, -0.05) is 13.0 Å². The number of hydrogen-bond acceptors (Lipinski definition) is 3. The van der Waals surface area contributed by atoms with Crippen LogP contribution in [0, 0.1) is 0 Å². The summed E-state index contributed by atoms with van der Waals surface area (Å²) in [6.07, 6.45) is 3.29. The topological polar surface area (TPSA) is 72.3 Å². The number of anilines is 1. The third kappa shape index (κ3) is 3.07. The molecule has 1 amide bonds. The lowest BCUT2D eigenvalue weighted by atomic mass is 9.85. The molecule has 0 bridgehead atoms. The van der Waals surface area contributed by atoms with E-state index in [2.05, 4.69) is 11.8 Å². The van der Waals surface area contributed by atoms with E-state index in [1.807, 2.05) is 6.07 Å². The fraction of sp³-hybridized carbons (Fsp3) is 0.533. The molecule has 0 spiro atoms. The molecule has 104 valence electrons. The van der Waals surface area contributed by atoms with Gasteiger partial charge in [0.15, 0.2) is 0 Å². The SMILES string of the molecule is CCCN1CCC(c2c(N)cccc2C(N)=O)CC1. The smallest absolute Gasteiger partial charge is 0.249 e. The van der Waals surface area contributed by atoms with Gasteiger partial charge >= 0.3 is 0 Å². The fourth-order valence-corrected chi connectivity index (χ4v) is 3.02. The molecule has 0 atom stereocenters. The number of carbonyl (C=O) groups excluding carboxylic acids is 1. The van der Waals surface area contributed by atoms with Gasteiger partial charge < -0.3 is 16.4 Å². The molecule has 0 aromatic heterocycles. The van der Waals surface area contributed by atoms with Crippen molar-refractivity contribution in [1.82, 2.24) is 4.90 Å². The number of primary amides is 1. The van der Waals surface area contributed by atoms with E-state index in [9.17, 15) is 4.79 Å². The van der Waals surface area contributed by atoms with Crippen molar-refractivity contribution in [3.63, 3.8) is 0 Å². The zero-order chi connectivity index (χ0) is 13.8. The molecule has 0 saturated carbocycles. The predicted molar refractivity (Wildman–Crippen MR) is 78.1 cm³/mol. The van der Waals surface area contributed by atoms with E-state index in [4.69, 9.17) is 11.5 Å². The molecule has 1 aromatic rings. The van der Waals surface area contributed by atoms with Crippen LogP contribution in [0.1, 0.15) is 48.0 Å². The lowest BCUT2D eigenvalue weighted by Crippen LogP contribution is -2.34. The molecule has 2 rings (SSSR count). The maximum atomic E-state index is 11.5. The average Bonchev–Trinajstić information content (AvgIpc) is 2.40. The first-order valence-electron chi connectivity index (χ1n) is 7.04. The summed E-state index contributed by atoms with van der Waals surface area (Å²) in [5.74, 6) is -0.0184. The lowest BCUT2D eigenvalue weighted by molar-refractivity contribution is 0.0998. The van der Waals surface area contributed by atoms with E-state index in [1.165, 1.54) is 6.42 Å². The quantitative estimate of drug-likeness (QED) is 0.814. The number of benzene rings is 1. The van der Waals surface area contributed by atoms with Crippen LogP contribution in [0.2, 0.25) is 0 Å². The van der Waals surface area contributed by atoms with Crippen molar-refractivity contribution in [2.24, 2.45) is 5.73 Å². The van der Waals surface area contributed by atoms with Crippen molar-refractivity contribution in [3.05, 3.63) is 29.3 Å². The van der Waals surface area contributed by atoms with Crippen LogP contribution in [0.5, 0.6) is 0 Å². The molecule has 1 aliphatic heterocycles. The second-order valence-electron chi connectivity index (χ2n) is 5.29. The molecule has 19 heavy (non-hydrogen) atoms. The van der Waals surface area contributed by atoms with Crippen LogP contribution in [-0.4, -0.2) is 30.4 Å². The number of piperidine rings is 1. The van der Waals surface area contributed by atoms with Crippen LogP contribution in [0.3, 0.4) is 0 Å². The highest BCUT2D eigenvalue weighted by atomic mass is 16.1. The molecule has 1 heterocycles. The molecule has 1 fully saturated rings. The van der Waals surface area contributed by atoms with Crippen LogP contribution >= 0.6 is 0 Å². The number of nitrogen functional groups attached to an aromatic ring is 1. The van der Waals surface area contributed by atoms with Crippen molar-refractivity contribution in [3.8, 4) is 0 Å². The second kappa shape index (κ2) is 6.06. The van der Waals surface area contributed by atoms with Gasteiger partial charge in [-0.2, -0.15) is 0 Å². The lowest BCUT2D eigenvalue weighted by Gasteiger charge is -2.33. The van der Waals surface area contributed by atoms with Crippen molar-refractivity contribution < 1.29 is 4.79 Å². The normalized spacial score (nSPS) is 17.5. The summed E-state index contributed by atoms with van der Waals surface area (Å²) in [6.45, 7) is 5.50. The van der Waals surface area contributed by atoms with E-state index in [0.717, 1.165) is 38.0 Å². The van der Waals surface area contributed by atoms with E-state index in [0.29, 0.717) is 17.2 Å². The summed E-state index contributed by atoms with van der Waals surface area (Å²) < 4.78 is 0. The number of rotatable bonds is 4. The van der Waals surface area contributed by atoms with Gasteiger partial charge in [0.05, 0.1) is 0 Å². The molecule has 0 radical (unpaired) electrons. The van der Waals surface area contributed by atoms with Crippen molar-refractivity contribution in [1.29, 1.82) is 0 Å². The Kier molecular flexibility index (Phi) is 4.43. The predicted octanol–water partition coefficient (Wildman–Crippen LogP) is 1.96. The summed E-state index contributed by atoms with van der Waals surface area (Å²) in [4.78, 5) is 14.0. The number of carbonyl (C=O) groups is 1. The van der Waals surface area contributed by atoms with Gasteiger partial charge in [0.25, 0.3) is 0 Å². The van der Waals surface area contributed by atoms with Crippen molar-refractivity contribution in [2.45, 2.75) is 32.1 Å². The molecule has 1 aromatic carbocycles. The van der Waals surface area contributed by atoms with Crippen LogP contribution in [0.15, 0.2) is 18.2 Å². The van der Waals surface area contributed by atoms with Gasteiger partial charge in [-0.15, -0.1) is 0 Å². The monoisotopic (exact) mass is 261 g/mol. The molecule has 1 saturated heterocycles. The summed E-state index contributed by atoms with van der Waals surface area (Å²) in [6, 6.07) is 5.44. The zero-order valence-electron chi connectivity index (χ0n) is 11.6. The Hall–Kier alpha value is -1.55. The number of amides is 1. The highest BCUT2D eigenvalue weighted by Crippen LogP contribution is 2.34. The third-order valence-corrected chi connectivity index (χ3v) is 3.94. The first-order valence-corrected chi connectivity index (χ1v) is 7.04. The first-order chi connectivity index (χ1) is 9.13. The number of nitrogens with two attached hydrogens (primary N) is 2. The Bertz CT molecular complexity index is 451. The van der Waals surface area contributed by atoms with Gasteiger partial charge in [-0.25, -0.2) is 0 Å². The van der Waals surface area contributed by atoms with Gasteiger partial charge in [0.2, 0.25) is 5.91 Å². The molecule has 1 aliphatic rings. The molecule has 4 nitrogen and oxygen atoms in total. The van der Waals surface area contributed by atoms with Crippen LogP contribution in [-0.2, 0) is 0 Å². The number of hydrogen-bond donors (Lipinski definition) is 2. The summed E-state index contributed by atoms with van der Waals surface area (Å²) >= 11 is 0. The molecular formula is C15H23N3O. The average molecular weight is 261 g/mol. The van der Waals surface area contributed by atoms with Gasteiger partial charge in [-0.05, 0) is 62.5 Å². The minimum absolute atomic E-state index is 0.358. The van der Waals surface area contributed by atoms with E-state index >= 15 is 0 Å². The maximum Gasteiger partial charge on any atom is 0.249 e. The highest BCUT2D eigenvalue weighted by molar-refractivity contribution is 5.96. The Labute approximate surface area is 114 Å². The molecule has 0 aliphatic carbocycles. The van der Waals surface area contributed by atoms with E-state index in [1.54, 1.807) is 12.1 Å². The Morgan fingerprint density at radius 3 is 2.63 bits per heavy atom. The second-order valence-corrected chi connectivity index (χ2v) is 5.29. The summed E-state index contributed by atoms with van der Waals surface area (Å²) in [7, 11) is 0. The van der Waals surface area contributed by atoms with Crippen molar-refractivity contribution >= 4 is 11.6 Å². The maximum absolute atomic E-state index is 11.5. The zero-order valence-corrected chi connectivity index (χ0v) is 11.6. The van der Waals surface area contributed by atoms with E-state index < -0.39 is 0 Å². The summed E-state index contributed by atoms with van der Waals surface area (Å²) in [5.41, 5.74) is 13.8. The molecular weight excluding hydrogens is 238 g/mol. The van der Waals surface area contributed by atoms with Gasteiger partial charge in [0, 0.05) is 11.3 Å². The third-order valence-electron chi connectivity index (χ3n) is 3.94. The first kappa shape index (κ1) is 13.9. The van der Waals surface area contributed by atoms with Crippen LogP contribution in [0.25, 0.3) is 0 Å². The highest BCUT2D eigenvalue weighted by Gasteiger charge is 2.25. The van der Waals surface area contributed by atoms with Crippen LogP contribution in [0.4, 0.5) is 5.69 Å². The minimum atomic E-state index is -0.377. The molecule has 4 heteroatoms. The summed E-state index contributed by atoms with van der Waals surface area (Å²) in [5, 5.41) is 0. The number of nitrogens with zero attached hydrogens (tertiary/aromatic N) is 1. The Morgan fingerprint density at radius 2 is 2.05 bits per heavy atom. The van der Waals surface area contributed by atoms with Crippen molar-refractivity contribution in [2.75, 3.05) is 25.4 Å². The Balaban J connectivity index is 2.17. The standard InChI is InChI=1S/C15H23N3O/c1-2-8-18-9-6-11(7-10-18)14-12(15(17)19)4-3-5-13(14)16/h3-5,11H,2,6-10,16H2,1H3,(H2,17,19). The molecule has 4 N–H and O–H groups in total. The fourth-order valence-electron chi connectivity index (χ4n) is 3.02. The number of likely N-dealkylation sites (tertiary alicyclic amines) is 1. The molecule has 0 unspecified atom stereocenters. The largest absolute Gasteiger partial charge is 0.398 e.